The fourth-order valence-corrected chi connectivity index (χ4v) is 6.72. The molecule has 2 heterocycles. The predicted molar refractivity (Wildman–Crippen MR) is 199 cm³/mol. The largest absolute Gasteiger partial charge is 0.452 e. The van der Waals surface area contributed by atoms with Crippen molar-refractivity contribution in [2.75, 3.05) is 0 Å². The molecule has 2 aromatic heterocycles. The first kappa shape index (κ1) is 27.8. The second-order valence-electron chi connectivity index (χ2n) is 12.1. The lowest BCUT2D eigenvalue weighted by Crippen LogP contribution is -1.98. The molecule has 0 unspecified atom stereocenters. The summed E-state index contributed by atoms with van der Waals surface area (Å²) in [7, 11) is 0. The third-order valence-corrected chi connectivity index (χ3v) is 9.15. The number of fused-ring (bicyclic) bond motifs is 7. The molecule has 0 fully saturated rings. The maximum atomic E-state index is 8.87. The molecule has 0 saturated heterocycles. The SMILES string of the molecule is N=C(/C=C(/c1ccccc1)c1cccc(-c2ccc3oc4c(ccc5c6cc(-c7ccccc7)ccc6oc54)c3c2)c1)c1ccccc1. The van der Waals surface area contributed by atoms with E-state index in [9.17, 15) is 0 Å². The van der Waals surface area contributed by atoms with Crippen molar-refractivity contribution in [2.24, 2.45) is 0 Å². The molecule has 7 aromatic carbocycles. The summed E-state index contributed by atoms with van der Waals surface area (Å²) in [6, 6.07) is 56.2. The maximum absolute atomic E-state index is 8.87. The van der Waals surface area contributed by atoms with Crippen LogP contribution in [0.4, 0.5) is 0 Å². The maximum Gasteiger partial charge on any atom is 0.178 e. The Hall–Kier alpha value is -6.45. The smallest absolute Gasteiger partial charge is 0.178 e. The number of allylic oxidation sites excluding steroid dienone is 1. The fourth-order valence-electron chi connectivity index (χ4n) is 6.72. The Bertz CT molecular complexity index is 2660. The van der Waals surface area contributed by atoms with Crippen molar-refractivity contribution in [1.82, 2.24) is 0 Å². The van der Waals surface area contributed by atoms with Crippen molar-refractivity contribution in [2.45, 2.75) is 0 Å². The van der Waals surface area contributed by atoms with Gasteiger partial charge >= 0.3 is 0 Å². The van der Waals surface area contributed by atoms with Crippen LogP contribution in [-0.2, 0) is 0 Å². The minimum atomic E-state index is 0.472. The summed E-state index contributed by atoms with van der Waals surface area (Å²) in [5, 5.41) is 13.1. The number of hydrogen-bond acceptors (Lipinski definition) is 3. The van der Waals surface area contributed by atoms with Gasteiger partial charge in [-0.2, -0.15) is 0 Å². The molecule has 0 aliphatic rings. The molecule has 9 aromatic rings. The lowest BCUT2D eigenvalue weighted by Gasteiger charge is -2.12. The summed E-state index contributed by atoms with van der Waals surface area (Å²) in [4.78, 5) is 0. The highest BCUT2D eigenvalue weighted by molar-refractivity contribution is 6.19. The van der Waals surface area contributed by atoms with Gasteiger partial charge < -0.3 is 14.2 Å². The van der Waals surface area contributed by atoms with E-state index < -0.39 is 0 Å². The Kier molecular flexibility index (Phi) is 6.62. The van der Waals surface area contributed by atoms with Crippen LogP contribution >= 0.6 is 0 Å². The summed E-state index contributed by atoms with van der Waals surface area (Å²) >= 11 is 0. The van der Waals surface area contributed by atoms with Crippen LogP contribution in [0.25, 0.3) is 71.7 Å². The Labute approximate surface area is 277 Å². The van der Waals surface area contributed by atoms with Crippen molar-refractivity contribution in [1.29, 1.82) is 5.41 Å². The number of hydrogen-bond donors (Lipinski definition) is 1. The molecule has 0 saturated carbocycles. The number of furan rings is 2. The minimum Gasteiger partial charge on any atom is -0.452 e. The van der Waals surface area contributed by atoms with Gasteiger partial charge in [-0.3, -0.25) is 0 Å². The van der Waals surface area contributed by atoms with E-state index in [1.165, 1.54) is 5.56 Å². The molecule has 0 amide bonds. The van der Waals surface area contributed by atoms with Crippen LogP contribution in [0.2, 0.25) is 0 Å². The van der Waals surface area contributed by atoms with E-state index in [4.69, 9.17) is 14.2 Å². The lowest BCUT2D eigenvalue weighted by molar-refractivity contribution is 0.633. The highest BCUT2D eigenvalue weighted by atomic mass is 16.4. The van der Waals surface area contributed by atoms with E-state index in [0.29, 0.717) is 5.71 Å². The van der Waals surface area contributed by atoms with E-state index in [2.05, 4.69) is 109 Å². The molecule has 3 nitrogen and oxygen atoms in total. The highest BCUT2D eigenvalue weighted by Gasteiger charge is 2.17. The van der Waals surface area contributed by atoms with Gasteiger partial charge in [0, 0.05) is 21.5 Å². The molecule has 48 heavy (non-hydrogen) atoms. The van der Waals surface area contributed by atoms with Gasteiger partial charge in [0.05, 0.1) is 5.71 Å². The van der Waals surface area contributed by atoms with Gasteiger partial charge in [0.15, 0.2) is 11.2 Å². The van der Waals surface area contributed by atoms with Crippen LogP contribution < -0.4 is 0 Å². The predicted octanol–water partition coefficient (Wildman–Crippen LogP) is 12.3. The van der Waals surface area contributed by atoms with Gasteiger partial charge in [-0.05, 0) is 93.1 Å². The first-order valence-corrected chi connectivity index (χ1v) is 16.1. The molecule has 0 atom stereocenters. The molecular formula is C45H29NO2. The van der Waals surface area contributed by atoms with Gasteiger partial charge in [-0.15, -0.1) is 0 Å². The van der Waals surface area contributed by atoms with Crippen molar-refractivity contribution in [3.05, 3.63) is 187 Å². The van der Waals surface area contributed by atoms with Crippen LogP contribution in [0.1, 0.15) is 16.7 Å². The van der Waals surface area contributed by atoms with Crippen molar-refractivity contribution in [3.8, 4) is 22.3 Å². The summed E-state index contributed by atoms with van der Waals surface area (Å²) in [5.74, 6) is 0. The molecule has 9 rings (SSSR count). The van der Waals surface area contributed by atoms with E-state index in [-0.39, 0.29) is 0 Å². The van der Waals surface area contributed by atoms with Crippen LogP contribution in [0.3, 0.4) is 0 Å². The molecule has 0 spiro atoms. The second kappa shape index (κ2) is 11.4. The highest BCUT2D eigenvalue weighted by Crippen LogP contribution is 2.41. The Morgan fingerprint density at radius 3 is 1.48 bits per heavy atom. The van der Waals surface area contributed by atoms with E-state index >= 15 is 0 Å². The van der Waals surface area contributed by atoms with Crippen LogP contribution in [-0.4, -0.2) is 5.71 Å². The molecular weight excluding hydrogens is 587 g/mol. The fraction of sp³-hybridized carbons (Fsp3) is 0. The lowest BCUT2D eigenvalue weighted by atomic mass is 9.92. The zero-order valence-corrected chi connectivity index (χ0v) is 26.0. The van der Waals surface area contributed by atoms with Gasteiger partial charge in [0.1, 0.15) is 11.2 Å². The third-order valence-electron chi connectivity index (χ3n) is 9.15. The van der Waals surface area contributed by atoms with Crippen LogP contribution in [0, 0.1) is 5.41 Å². The number of nitrogens with one attached hydrogen (secondary N) is 1. The molecule has 0 bridgehead atoms. The molecule has 0 aliphatic carbocycles. The zero-order chi connectivity index (χ0) is 32.0. The topological polar surface area (TPSA) is 50.1 Å². The monoisotopic (exact) mass is 615 g/mol. The summed E-state index contributed by atoms with van der Waals surface area (Å²) in [6.45, 7) is 0. The van der Waals surface area contributed by atoms with Crippen molar-refractivity contribution in [3.63, 3.8) is 0 Å². The molecule has 0 radical (unpaired) electrons. The molecule has 3 heteroatoms. The van der Waals surface area contributed by atoms with Gasteiger partial charge in [0.25, 0.3) is 0 Å². The molecule has 1 N–H and O–H groups in total. The summed E-state index contributed by atoms with van der Waals surface area (Å²) in [5.41, 5.74) is 12.2. The second-order valence-corrected chi connectivity index (χ2v) is 12.1. The van der Waals surface area contributed by atoms with E-state index in [1.807, 2.05) is 60.7 Å². The Morgan fingerprint density at radius 2 is 0.875 bits per heavy atom. The van der Waals surface area contributed by atoms with Crippen molar-refractivity contribution >= 4 is 55.2 Å². The number of rotatable bonds is 6. The van der Waals surface area contributed by atoms with Gasteiger partial charge in [-0.1, -0.05) is 121 Å². The Balaban J connectivity index is 1.14. The van der Waals surface area contributed by atoms with Gasteiger partial charge in [0.2, 0.25) is 0 Å². The molecule has 0 aliphatic heterocycles. The van der Waals surface area contributed by atoms with Crippen LogP contribution in [0.5, 0.6) is 0 Å². The Morgan fingerprint density at radius 1 is 0.396 bits per heavy atom. The zero-order valence-electron chi connectivity index (χ0n) is 26.0. The van der Waals surface area contributed by atoms with Crippen LogP contribution in [0.15, 0.2) is 179 Å². The first-order valence-electron chi connectivity index (χ1n) is 16.1. The summed E-state index contributed by atoms with van der Waals surface area (Å²) in [6.07, 6.45) is 1.97. The third kappa shape index (κ3) is 4.81. The first-order chi connectivity index (χ1) is 23.7. The normalized spacial score (nSPS) is 12.0. The molecule has 226 valence electrons. The standard InChI is InChI=1S/C45H29NO2/c46-41(31-15-8-3-9-16-31)28-38(30-13-6-2-7-14-30)35-18-10-17-32(25-35)34-20-24-43-40(27-34)37-22-21-36-39-26-33(29-11-4-1-5-12-29)19-23-42(39)47-44(36)45(37)48-43/h1-28,46H/b38-28-,46-41?. The average molecular weight is 616 g/mol. The quantitative estimate of drug-likeness (QED) is 0.189. The summed E-state index contributed by atoms with van der Waals surface area (Å²) < 4.78 is 12.9. The van der Waals surface area contributed by atoms with E-state index in [1.54, 1.807) is 0 Å². The van der Waals surface area contributed by atoms with E-state index in [0.717, 1.165) is 82.8 Å². The van der Waals surface area contributed by atoms with Gasteiger partial charge in [-0.25, -0.2) is 0 Å². The average Bonchev–Trinajstić information content (AvgIpc) is 3.73. The van der Waals surface area contributed by atoms with Crippen molar-refractivity contribution < 1.29 is 8.83 Å². The minimum absolute atomic E-state index is 0.472. The number of benzene rings is 7.